The first-order valence-electron chi connectivity index (χ1n) is 0. The van der Waals surface area contributed by atoms with E-state index in [0.717, 1.165) is 0 Å². The summed E-state index contributed by atoms with van der Waals surface area (Å²) in [7, 11) is 0. The molecule has 0 amide bonds. The van der Waals surface area contributed by atoms with Gasteiger partial charge in [0, 0.05) is 0 Å². The molecule has 26 valence electrons. The smallest absolute Gasteiger partial charge is 0.870 e. The van der Waals surface area contributed by atoms with E-state index >= 15 is 0 Å². The van der Waals surface area contributed by atoms with Crippen molar-refractivity contribution in [1.29, 1.82) is 0 Å². The minimum atomic E-state index is 0. The van der Waals surface area contributed by atoms with Gasteiger partial charge in [0.1, 0.15) is 0 Å². The summed E-state index contributed by atoms with van der Waals surface area (Å²) in [6.07, 6.45) is 0. The van der Waals surface area contributed by atoms with Crippen molar-refractivity contribution in [3.05, 3.63) is 0 Å². The van der Waals surface area contributed by atoms with Crippen LogP contribution in [0.15, 0.2) is 0 Å². The molecule has 2 radical (unpaired) electrons. The summed E-state index contributed by atoms with van der Waals surface area (Å²) in [6, 6.07) is 0. The third-order valence-electron chi connectivity index (χ3n) is 0. The molecule has 4 heavy (non-hydrogen) atoms. The Labute approximate surface area is 44.7 Å². The molecule has 0 spiro atoms. The Hall–Kier alpha value is 0.759. The summed E-state index contributed by atoms with van der Waals surface area (Å²) in [6.45, 7) is 0. The maximum absolute atomic E-state index is 0. The van der Waals surface area contributed by atoms with E-state index in [9.17, 15) is 0 Å². The molecule has 1 nitrogen and oxygen atoms in total. The van der Waals surface area contributed by atoms with Gasteiger partial charge in [0.2, 0.25) is 0 Å². The van der Waals surface area contributed by atoms with E-state index < -0.39 is 0 Å². The van der Waals surface area contributed by atoms with E-state index in [-0.39, 0.29) is 44.2 Å². The molecular weight excluding hydrogens is 159 g/mol. The zero-order chi connectivity index (χ0) is 0. The first kappa shape index (κ1) is 117. The summed E-state index contributed by atoms with van der Waals surface area (Å²) in [5.41, 5.74) is 0. The van der Waals surface area contributed by atoms with Crippen LogP contribution in [0, 0.1) is 0 Å². The molecule has 1 N–H and O–H groups in total. The zero-order valence-electron chi connectivity index (χ0n) is 0.947. The molecule has 2 heteroatoms. The fourth-order valence-corrected chi connectivity index (χ4v) is 0. The molecule has 0 aliphatic carbocycles. The third-order valence-corrected chi connectivity index (χ3v) is 0. The second-order valence-electron chi connectivity index (χ2n) is 0. The molecule has 0 rings (SSSR count). The van der Waals surface area contributed by atoms with Gasteiger partial charge < -0.3 is 5.48 Å². The molecule has 0 heterocycles. The van der Waals surface area contributed by atoms with E-state index in [1.165, 1.54) is 0 Å². The monoisotopic (exact) mass is 169 g/mol. The number of hydrogen-bond acceptors (Lipinski definition) is 1. The number of hydrogen-bond donors (Lipinski definition) is 0. The second kappa shape index (κ2) is 49.7. The second-order valence-corrected chi connectivity index (χ2v) is 0. The van der Waals surface area contributed by atoms with Gasteiger partial charge in [-0.2, -0.15) is 0 Å². The van der Waals surface area contributed by atoms with Crippen molar-refractivity contribution in [2.24, 2.45) is 0 Å². The van der Waals surface area contributed by atoms with Crippen LogP contribution in [0.4, 0.5) is 0 Å². The molecule has 0 atom stereocenters. The van der Waals surface area contributed by atoms with Crippen molar-refractivity contribution >= 4 is 23.9 Å². The predicted molar refractivity (Wildman–Crippen MR) is 21.2 cm³/mol. The standard InChI is InChI=1S/2CH4.H2O.Sn/h2*1H4;1H2;/q;;;+2/p-1. The quantitative estimate of drug-likeness (QED) is 0.489. The largest absolute Gasteiger partial charge is 2.00 e. The topological polar surface area (TPSA) is 30.0 Å². The minimum absolute atomic E-state index is 0. The summed E-state index contributed by atoms with van der Waals surface area (Å²) >= 11 is 0. The number of rotatable bonds is 0. The molecule has 0 aliphatic heterocycles. The van der Waals surface area contributed by atoms with Crippen LogP contribution in [0.2, 0.25) is 0 Å². The van der Waals surface area contributed by atoms with Gasteiger partial charge >= 0.3 is 23.9 Å². The van der Waals surface area contributed by atoms with E-state index in [4.69, 9.17) is 0 Å². The minimum Gasteiger partial charge on any atom is -0.870 e. The van der Waals surface area contributed by atoms with Gasteiger partial charge in [-0.3, -0.25) is 0 Å². The predicted octanol–water partition coefficient (Wildman–Crippen LogP) is 0.715. The van der Waals surface area contributed by atoms with Gasteiger partial charge in [0.25, 0.3) is 0 Å². The first-order chi connectivity index (χ1) is 0. The van der Waals surface area contributed by atoms with Crippen molar-refractivity contribution in [3.8, 4) is 0 Å². The molecule has 0 aliphatic rings. The average Bonchev–Trinajstić information content (AvgIpc) is 0. The van der Waals surface area contributed by atoms with Gasteiger partial charge in [-0.05, 0) is 0 Å². The molecular formula is C2H9OSn+. The third kappa shape index (κ3) is 14.8. The summed E-state index contributed by atoms with van der Waals surface area (Å²) in [5, 5.41) is 0. The Morgan fingerprint density at radius 1 is 0.750 bits per heavy atom. The maximum atomic E-state index is 0. The Bertz CT molecular complexity index is 6.00. The van der Waals surface area contributed by atoms with Crippen molar-refractivity contribution in [2.45, 2.75) is 14.9 Å². The van der Waals surface area contributed by atoms with Crippen molar-refractivity contribution in [2.75, 3.05) is 0 Å². The van der Waals surface area contributed by atoms with Gasteiger partial charge in [0.15, 0.2) is 0 Å². The molecule has 0 aromatic carbocycles. The van der Waals surface area contributed by atoms with E-state index in [1.807, 2.05) is 0 Å². The van der Waals surface area contributed by atoms with Gasteiger partial charge in [-0.15, -0.1) is 0 Å². The van der Waals surface area contributed by atoms with Crippen molar-refractivity contribution < 1.29 is 5.48 Å². The van der Waals surface area contributed by atoms with Crippen molar-refractivity contribution in [3.63, 3.8) is 0 Å². The maximum Gasteiger partial charge on any atom is 2.00 e. The van der Waals surface area contributed by atoms with E-state index in [0.29, 0.717) is 0 Å². The molecule has 0 bridgehead atoms. The van der Waals surface area contributed by atoms with Crippen LogP contribution in [0.3, 0.4) is 0 Å². The Morgan fingerprint density at radius 3 is 0.750 bits per heavy atom. The molecule has 0 unspecified atom stereocenters. The van der Waals surface area contributed by atoms with Crippen LogP contribution in [0.5, 0.6) is 0 Å². The molecule has 0 saturated carbocycles. The summed E-state index contributed by atoms with van der Waals surface area (Å²) in [4.78, 5) is 0. The van der Waals surface area contributed by atoms with Crippen LogP contribution in [0.1, 0.15) is 14.9 Å². The fraction of sp³-hybridized carbons (Fsp3) is 1.00. The average molecular weight is 168 g/mol. The first-order valence-corrected chi connectivity index (χ1v) is 0. The summed E-state index contributed by atoms with van der Waals surface area (Å²) < 4.78 is 0. The van der Waals surface area contributed by atoms with Crippen LogP contribution in [0.25, 0.3) is 0 Å². The fourth-order valence-electron chi connectivity index (χ4n) is 0. The van der Waals surface area contributed by atoms with Crippen LogP contribution >= 0.6 is 0 Å². The molecule has 0 fully saturated rings. The van der Waals surface area contributed by atoms with E-state index in [2.05, 4.69) is 0 Å². The molecule has 0 saturated heterocycles. The van der Waals surface area contributed by atoms with Crippen molar-refractivity contribution in [1.82, 2.24) is 0 Å². The normalized spacial score (nSPS) is 0. The van der Waals surface area contributed by atoms with Gasteiger partial charge in [-0.25, -0.2) is 0 Å². The Balaban J connectivity index is 0. The van der Waals surface area contributed by atoms with E-state index in [1.54, 1.807) is 0 Å². The van der Waals surface area contributed by atoms with Gasteiger partial charge in [0.05, 0.1) is 0 Å². The van der Waals surface area contributed by atoms with Crippen LogP contribution in [-0.4, -0.2) is 29.4 Å². The molecule has 0 aromatic rings. The Morgan fingerprint density at radius 2 is 0.750 bits per heavy atom. The Kier molecular flexibility index (Phi) is 1450. The zero-order valence-corrected chi connectivity index (χ0v) is 3.80. The summed E-state index contributed by atoms with van der Waals surface area (Å²) in [5.74, 6) is 0. The SMILES string of the molecule is C.C.[OH-].[Sn+2]. The molecule has 0 aromatic heterocycles. The van der Waals surface area contributed by atoms with Crippen LogP contribution in [-0.2, 0) is 0 Å². The van der Waals surface area contributed by atoms with Crippen LogP contribution < -0.4 is 0 Å². The van der Waals surface area contributed by atoms with Gasteiger partial charge in [-0.1, -0.05) is 14.9 Å².